The molecule has 1 rings (SSSR count). The number of aromatic hydroxyl groups is 1. The second-order valence-corrected chi connectivity index (χ2v) is 1.35. The van der Waals surface area contributed by atoms with Gasteiger partial charge in [-0.1, -0.05) is 0 Å². The predicted octanol–water partition coefficient (Wildman–Crippen LogP) is 0.931. The van der Waals surface area contributed by atoms with Crippen LogP contribution in [0.2, 0.25) is 0 Å². The first-order chi connectivity index (χ1) is 3.79. The molecular weight excluding hydrogens is 106 g/mol. The highest BCUT2D eigenvalue weighted by molar-refractivity contribution is 5.19. The van der Waals surface area contributed by atoms with E-state index < -0.39 is 0 Å². The number of hydrogen-bond donors (Lipinski definition) is 1. The summed E-state index contributed by atoms with van der Waals surface area (Å²) >= 11 is 0. The maximum atomic E-state index is 10.2. The minimum absolute atomic E-state index is 0.121. The molecular formula is C5H4NO2. The Hall–Kier alpha value is -1.25. The molecule has 1 aromatic heterocycles. The summed E-state index contributed by atoms with van der Waals surface area (Å²) in [7, 11) is 0. The molecule has 1 N–H and O–H groups in total. The van der Waals surface area contributed by atoms with Crippen LogP contribution in [0.1, 0.15) is 0 Å². The molecule has 0 saturated heterocycles. The zero-order chi connectivity index (χ0) is 5.98. The van der Waals surface area contributed by atoms with Gasteiger partial charge in [-0.25, -0.2) is 4.98 Å². The highest BCUT2D eigenvalue weighted by Gasteiger charge is 1.88. The van der Waals surface area contributed by atoms with Gasteiger partial charge in [0.2, 0.25) is 5.88 Å². The van der Waals surface area contributed by atoms with Gasteiger partial charge in [0.1, 0.15) is 0 Å². The first kappa shape index (κ1) is 4.90. The fourth-order valence-electron chi connectivity index (χ4n) is 0.372. The summed E-state index contributed by atoms with van der Waals surface area (Å²) in [5.74, 6) is -0.313. The molecule has 1 heterocycles. The van der Waals surface area contributed by atoms with E-state index in [-0.39, 0.29) is 11.6 Å². The van der Waals surface area contributed by atoms with Crippen LogP contribution < -0.4 is 0 Å². The second-order valence-electron chi connectivity index (χ2n) is 1.35. The van der Waals surface area contributed by atoms with Crippen LogP contribution in [0.5, 0.6) is 11.6 Å². The van der Waals surface area contributed by atoms with Crippen molar-refractivity contribution < 1.29 is 10.2 Å². The molecule has 3 heteroatoms. The Balaban J connectivity index is 3.03. The number of aromatic nitrogens is 1. The van der Waals surface area contributed by atoms with Crippen molar-refractivity contribution in [3.05, 3.63) is 18.3 Å². The normalized spacial score (nSPS) is 9.00. The van der Waals surface area contributed by atoms with Gasteiger partial charge in [0.05, 0.1) is 6.20 Å². The van der Waals surface area contributed by atoms with Crippen molar-refractivity contribution in [1.82, 2.24) is 4.98 Å². The molecule has 8 heavy (non-hydrogen) atoms. The summed E-state index contributed by atoms with van der Waals surface area (Å²) in [6.45, 7) is 0. The third kappa shape index (κ3) is 0.872. The maximum absolute atomic E-state index is 10.2. The monoisotopic (exact) mass is 110 g/mol. The standard InChI is InChI=1S/C5H4NO2/c7-4-1-2-5(8)6-3-4/h1-3H,(H,6,8). The van der Waals surface area contributed by atoms with Crippen molar-refractivity contribution in [2.24, 2.45) is 0 Å². The fourth-order valence-corrected chi connectivity index (χ4v) is 0.372. The molecule has 3 nitrogen and oxygen atoms in total. The first-order valence-corrected chi connectivity index (χ1v) is 2.11. The molecule has 0 unspecified atom stereocenters. The van der Waals surface area contributed by atoms with Gasteiger partial charge < -0.3 is 5.11 Å². The minimum atomic E-state index is -0.192. The molecule has 0 bridgehead atoms. The Labute approximate surface area is 46.2 Å². The number of rotatable bonds is 0. The number of hydrogen-bond acceptors (Lipinski definition) is 2. The summed E-state index contributed by atoms with van der Waals surface area (Å²) < 4.78 is 0. The first-order valence-electron chi connectivity index (χ1n) is 2.11. The van der Waals surface area contributed by atoms with Crippen LogP contribution >= 0.6 is 0 Å². The number of nitrogens with zero attached hydrogens (tertiary/aromatic N) is 1. The van der Waals surface area contributed by atoms with Crippen LogP contribution in [0.3, 0.4) is 0 Å². The Morgan fingerprint density at radius 2 is 2.25 bits per heavy atom. The van der Waals surface area contributed by atoms with E-state index in [1.165, 1.54) is 12.1 Å². The van der Waals surface area contributed by atoms with Gasteiger partial charge in [-0.05, 0) is 6.07 Å². The van der Waals surface area contributed by atoms with Crippen LogP contribution in [0, 0.1) is 0 Å². The molecule has 41 valence electrons. The van der Waals surface area contributed by atoms with Crippen LogP contribution in [0.25, 0.3) is 0 Å². The molecule has 0 amide bonds. The molecule has 0 spiro atoms. The summed E-state index contributed by atoms with van der Waals surface area (Å²) in [4.78, 5) is 3.32. The van der Waals surface area contributed by atoms with Crippen molar-refractivity contribution in [2.75, 3.05) is 0 Å². The topological polar surface area (TPSA) is 53.0 Å². The largest absolute Gasteiger partial charge is 0.493 e. The zero-order valence-electron chi connectivity index (χ0n) is 4.03. The summed E-state index contributed by atoms with van der Waals surface area (Å²) in [5.41, 5.74) is 0. The maximum Gasteiger partial charge on any atom is 0.210 e. The van der Waals surface area contributed by atoms with Crippen LogP contribution in [-0.4, -0.2) is 10.1 Å². The Kier molecular flexibility index (Phi) is 1.04. The van der Waals surface area contributed by atoms with Gasteiger partial charge in [-0.15, -0.1) is 0 Å². The lowest BCUT2D eigenvalue weighted by molar-refractivity contribution is 0.350. The van der Waals surface area contributed by atoms with Crippen LogP contribution in [0.15, 0.2) is 18.3 Å². The lowest BCUT2D eigenvalue weighted by Crippen LogP contribution is -1.68. The fraction of sp³-hybridized carbons (Fsp3) is 0. The summed E-state index contributed by atoms with van der Waals surface area (Å²) in [6, 6.07) is 2.50. The van der Waals surface area contributed by atoms with Gasteiger partial charge in [-0.3, -0.25) is 5.11 Å². The van der Waals surface area contributed by atoms with Gasteiger partial charge in [-0.2, -0.15) is 0 Å². The lowest BCUT2D eigenvalue weighted by Gasteiger charge is -1.84. The van der Waals surface area contributed by atoms with Crippen molar-refractivity contribution in [1.29, 1.82) is 0 Å². The van der Waals surface area contributed by atoms with Gasteiger partial charge in [0, 0.05) is 6.07 Å². The predicted molar refractivity (Wildman–Crippen MR) is 26.0 cm³/mol. The van der Waals surface area contributed by atoms with Crippen molar-refractivity contribution in [2.45, 2.75) is 0 Å². The van der Waals surface area contributed by atoms with E-state index in [1.54, 1.807) is 0 Å². The molecule has 1 radical (unpaired) electrons. The molecule has 0 aliphatic heterocycles. The van der Waals surface area contributed by atoms with E-state index in [2.05, 4.69) is 4.98 Å². The van der Waals surface area contributed by atoms with E-state index in [9.17, 15) is 5.11 Å². The van der Waals surface area contributed by atoms with Gasteiger partial charge in [0.15, 0.2) is 5.75 Å². The zero-order valence-corrected chi connectivity index (χ0v) is 4.03. The van der Waals surface area contributed by atoms with Crippen molar-refractivity contribution in [3.8, 4) is 11.6 Å². The lowest BCUT2D eigenvalue weighted by atomic mass is 10.5. The molecule has 0 atom stereocenters. The highest BCUT2D eigenvalue weighted by atomic mass is 16.3. The van der Waals surface area contributed by atoms with E-state index in [0.29, 0.717) is 0 Å². The highest BCUT2D eigenvalue weighted by Crippen LogP contribution is 2.09. The molecule has 0 fully saturated rings. The summed E-state index contributed by atoms with van der Waals surface area (Å²) in [5, 5.41) is 18.8. The smallest absolute Gasteiger partial charge is 0.210 e. The van der Waals surface area contributed by atoms with Gasteiger partial charge >= 0.3 is 0 Å². The van der Waals surface area contributed by atoms with E-state index in [1.807, 2.05) is 0 Å². The second kappa shape index (κ2) is 1.69. The summed E-state index contributed by atoms with van der Waals surface area (Å²) in [6.07, 6.45) is 1.06. The Bertz CT molecular complexity index is 149. The molecule has 0 aromatic carbocycles. The van der Waals surface area contributed by atoms with E-state index in [0.717, 1.165) is 6.20 Å². The Morgan fingerprint density at radius 1 is 1.50 bits per heavy atom. The minimum Gasteiger partial charge on any atom is -0.493 e. The van der Waals surface area contributed by atoms with Gasteiger partial charge in [0.25, 0.3) is 0 Å². The molecule has 1 aromatic rings. The van der Waals surface area contributed by atoms with Crippen LogP contribution in [-0.2, 0) is 5.11 Å². The van der Waals surface area contributed by atoms with E-state index in [4.69, 9.17) is 5.11 Å². The van der Waals surface area contributed by atoms with Crippen molar-refractivity contribution in [3.63, 3.8) is 0 Å². The molecule has 0 aliphatic carbocycles. The third-order valence-corrected chi connectivity index (χ3v) is 0.721. The SMILES string of the molecule is [O]c1ccc(O)nc1. The molecule has 0 aliphatic rings. The van der Waals surface area contributed by atoms with Crippen LogP contribution in [0.4, 0.5) is 0 Å². The third-order valence-electron chi connectivity index (χ3n) is 0.721. The average molecular weight is 110 g/mol. The number of pyridine rings is 1. The van der Waals surface area contributed by atoms with Crippen molar-refractivity contribution >= 4 is 0 Å². The Morgan fingerprint density at radius 3 is 2.62 bits per heavy atom. The average Bonchev–Trinajstić information content (AvgIpc) is 1.77. The van der Waals surface area contributed by atoms with E-state index >= 15 is 0 Å². The molecule has 0 saturated carbocycles. The quantitative estimate of drug-likeness (QED) is 0.540.